The van der Waals surface area contributed by atoms with Gasteiger partial charge in [0.1, 0.15) is 4.47 Å². The van der Waals surface area contributed by atoms with Gasteiger partial charge < -0.3 is 10.6 Å². The molecule has 1 heterocycles. The van der Waals surface area contributed by atoms with Crippen molar-refractivity contribution in [3.8, 4) is 0 Å². The Bertz CT molecular complexity index is 605. The van der Waals surface area contributed by atoms with Gasteiger partial charge in [-0.25, -0.2) is 0 Å². The van der Waals surface area contributed by atoms with Crippen molar-refractivity contribution in [1.82, 2.24) is 4.90 Å². The van der Waals surface area contributed by atoms with Crippen LogP contribution in [0.3, 0.4) is 0 Å². The monoisotopic (exact) mass is 355 g/mol. The van der Waals surface area contributed by atoms with Crippen LogP contribution < -0.4 is 5.73 Å². The van der Waals surface area contributed by atoms with E-state index in [1.165, 1.54) is 23.1 Å². The van der Waals surface area contributed by atoms with E-state index in [2.05, 4.69) is 15.9 Å². The summed E-state index contributed by atoms with van der Waals surface area (Å²) in [4.78, 5) is 35.6. The molecule has 1 atom stereocenters. The molecule has 1 unspecified atom stereocenters. The lowest BCUT2D eigenvalue weighted by atomic mass is 9.97. The number of nitro groups is 1. The van der Waals surface area contributed by atoms with Gasteiger partial charge >= 0.3 is 0 Å². The van der Waals surface area contributed by atoms with Crippen molar-refractivity contribution in [3.05, 3.63) is 38.3 Å². The van der Waals surface area contributed by atoms with Crippen LogP contribution in [0.2, 0.25) is 0 Å². The van der Waals surface area contributed by atoms with E-state index in [1.54, 1.807) is 0 Å². The van der Waals surface area contributed by atoms with Crippen LogP contribution in [0.15, 0.2) is 22.7 Å². The summed E-state index contributed by atoms with van der Waals surface area (Å²) in [6.45, 7) is 0.765. The molecule has 1 saturated heterocycles. The van der Waals surface area contributed by atoms with Gasteiger partial charge in [0.25, 0.3) is 11.6 Å². The van der Waals surface area contributed by atoms with Gasteiger partial charge in [-0.3, -0.25) is 19.7 Å². The number of hydrogen-bond acceptors (Lipinski definition) is 4. The molecule has 112 valence electrons. The maximum atomic E-state index is 12.5. The topological polar surface area (TPSA) is 107 Å². The molecule has 1 aromatic carbocycles. The van der Waals surface area contributed by atoms with E-state index >= 15 is 0 Å². The molecular formula is C13H14BrN3O4. The van der Waals surface area contributed by atoms with Gasteiger partial charge in [-0.05, 0) is 34.8 Å². The average Bonchev–Trinajstić information content (AvgIpc) is 2.46. The summed E-state index contributed by atoms with van der Waals surface area (Å²) in [5, 5.41) is 10.9. The Balaban J connectivity index is 2.26. The molecular weight excluding hydrogens is 342 g/mol. The minimum Gasteiger partial charge on any atom is -0.369 e. The molecule has 7 nitrogen and oxygen atoms in total. The van der Waals surface area contributed by atoms with Crippen molar-refractivity contribution < 1.29 is 14.5 Å². The smallest absolute Gasteiger partial charge is 0.284 e. The zero-order chi connectivity index (χ0) is 15.6. The maximum Gasteiger partial charge on any atom is 0.284 e. The first-order valence-corrected chi connectivity index (χ1v) is 7.22. The molecule has 0 radical (unpaired) electrons. The van der Waals surface area contributed by atoms with Crippen molar-refractivity contribution in [2.24, 2.45) is 11.7 Å². The van der Waals surface area contributed by atoms with Gasteiger partial charge in [0.05, 0.1) is 16.4 Å². The number of nitrogens with zero attached hydrogens (tertiary/aromatic N) is 2. The summed E-state index contributed by atoms with van der Waals surface area (Å²) >= 11 is 3.11. The van der Waals surface area contributed by atoms with Gasteiger partial charge in [0.15, 0.2) is 0 Å². The first-order valence-electron chi connectivity index (χ1n) is 6.43. The highest BCUT2D eigenvalue weighted by molar-refractivity contribution is 9.10. The summed E-state index contributed by atoms with van der Waals surface area (Å²) in [6, 6.07) is 4.31. The largest absolute Gasteiger partial charge is 0.369 e. The fourth-order valence-corrected chi connectivity index (χ4v) is 2.97. The van der Waals surface area contributed by atoms with E-state index < -0.39 is 10.8 Å². The van der Waals surface area contributed by atoms with E-state index in [0.29, 0.717) is 19.4 Å². The summed E-state index contributed by atoms with van der Waals surface area (Å²) in [6.07, 6.45) is 1.35. The van der Waals surface area contributed by atoms with Crippen LogP contribution in [0.1, 0.15) is 23.2 Å². The zero-order valence-corrected chi connectivity index (χ0v) is 12.7. The van der Waals surface area contributed by atoms with Gasteiger partial charge in [-0.15, -0.1) is 0 Å². The lowest BCUT2D eigenvalue weighted by Crippen LogP contribution is -2.44. The summed E-state index contributed by atoms with van der Waals surface area (Å²) in [7, 11) is 0. The number of benzene rings is 1. The summed E-state index contributed by atoms with van der Waals surface area (Å²) in [5.41, 5.74) is 5.34. The number of primary amides is 1. The quantitative estimate of drug-likeness (QED) is 0.657. The summed E-state index contributed by atoms with van der Waals surface area (Å²) < 4.78 is 0.154. The molecule has 2 amide bonds. The highest BCUT2D eigenvalue weighted by Crippen LogP contribution is 2.30. The average molecular weight is 356 g/mol. The molecule has 0 spiro atoms. The van der Waals surface area contributed by atoms with Crippen molar-refractivity contribution in [2.75, 3.05) is 13.1 Å². The molecule has 0 aliphatic carbocycles. The number of nitro benzene ring substituents is 1. The minimum absolute atomic E-state index is 0.154. The van der Waals surface area contributed by atoms with Gasteiger partial charge in [0.2, 0.25) is 5.91 Å². The first kappa shape index (κ1) is 15.4. The van der Waals surface area contributed by atoms with Crippen LogP contribution in [-0.2, 0) is 4.79 Å². The number of carbonyl (C=O) groups excluding carboxylic acids is 2. The molecule has 1 aromatic rings. The number of carbonyl (C=O) groups is 2. The molecule has 21 heavy (non-hydrogen) atoms. The predicted octanol–water partition coefficient (Wildman–Crippen LogP) is 1.69. The Labute approximate surface area is 129 Å². The van der Waals surface area contributed by atoms with Crippen LogP contribution in [0, 0.1) is 16.0 Å². The summed E-state index contributed by atoms with van der Waals surface area (Å²) in [5.74, 6) is -1.12. The highest BCUT2D eigenvalue weighted by atomic mass is 79.9. The molecule has 0 aromatic heterocycles. The number of nitrogens with two attached hydrogens (primary N) is 1. The van der Waals surface area contributed by atoms with Crippen molar-refractivity contribution in [3.63, 3.8) is 0 Å². The predicted molar refractivity (Wildman–Crippen MR) is 78.6 cm³/mol. The minimum atomic E-state index is -0.552. The van der Waals surface area contributed by atoms with E-state index in [-0.39, 0.29) is 34.1 Å². The maximum absolute atomic E-state index is 12.5. The molecule has 1 fully saturated rings. The lowest BCUT2D eigenvalue weighted by molar-refractivity contribution is -0.385. The molecule has 8 heteroatoms. The third kappa shape index (κ3) is 3.21. The van der Waals surface area contributed by atoms with Crippen molar-refractivity contribution >= 4 is 33.4 Å². The fraction of sp³-hybridized carbons (Fsp3) is 0.385. The molecule has 1 aliphatic heterocycles. The van der Waals surface area contributed by atoms with E-state index in [1.807, 2.05) is 0 Å². The van der Waals surface area contributed by atoms with Gasteiger partial charge in [-0.1, -0.05) is 6.07 Å². The van der Waals surface area contributed by atoms with Crippen LogP contribution >= 0.6 is 15.9 Å². The number of likely N-dealkylation sites (tertiary alicyclic amines) is 1. The van der Waals surface area contributed by atoms with Crippen molar-refractivity contribution in [2.45, 2.75) is 12.8 Å². The zero-order valence-electron chi connectivity index (χ0n) is 11.1. The van der Waals surface area contributed by atoms with E-state index in [9.17, 15) is 19.7 Å². The second kappa shape index (κ2) is 6.21. The Hall–Kier alpha value is -1.96. The standard InChI is InChI=1S/C13H14BrN3O4/c14-11-9(4-1-5-10(11)17(20)21)13(19)16-6-2-3-8(7-16)12(15)18/h1,4-5,8H,2-3,6-7H2,(H2,15,18). The second-order valence-electron chi connectivity index (χ2n) is 4.89. The number of piperidine rings is 1. The van der Waals surface area contributed by atoms with Crippen LogP contribution in [-0.4, -0.2) is 34.7 Å². The second-order valence-corrected chi connectivity index (χ2v) is 5.68. The van der Waals surface area contributed by atoms with Gasteiger partial charge in [-0.2, -0.15) is 0 Å². The first-order chi connectivity index (χ1) is 9.91. The normalized spacial score (nSPS) is 18.3. The Morgan fingerprint density at radius 1 is 1.43 bits per heavy atom. The van der Waals surface area contributed by atoms with E-state index in [0.717, 1.165) is 0 Å². The Morgan fingerprint density at radius 3 is 2.76 bits per heavy atom. The van der Waals surface area contributed by atoms with Crippen molar-refractivity contribution in [1.29, 1.82) is 0 Å². The SMILES string of the molecule is NC(=O)C1CCCN(C(=O)c2cccc([N+](=O)[O-])c2Br)C1. The van der Waals surface area contributed by atoms with Gasteiger partial charge in [0, 0.05) is 19.2 Å². The Morgan fingerprint density at radius 2 is 2.14 bits per heavy atom. The molecule has 2 N–H and O–H groups in total. The molecule has 0 bridgehead atoms. The number of halogens is 1. The third-order valence-electron chi connectivity index (χ3n) is 3.52. The fourth-order valence-electron chi connectivity index (χ4n) is 2.39. The van der Waals surface area contributed by atoms with Crippen LogP contribution in [0.25, 0.3) is 0 Å². The Kier molecular flexibility index (Phi) is 4.56. The van der Waals surface area contributed by atoms with Crippen LogP contribution in [0.5, 0.6) is 0 Å². The highest BCUT2D eigenvalue weighted by Gasteiger charge is 2.29. The molecule has 1 aliphatic rings. The molecule has 0 saturated carbocycles. The number of hydrogen-bond donors (Lipinski definition) is 1. The lowest BCUT2D eigenvalue weighted by Gasteiger charge is -2.31. The number of rotatable bonds is 3. The van der Waals surface area contributed by atoms with Crippen LogP contribution in [0.4, 0.5) is 5.69 Å². The number of amides is 2. The third-order valence-corrected chi connectivity index (χ3v) is 4.35. The van der Waals surface area contributed by atoms with E-state index in [4.69, 9.17) is 5.73 Å². The molecule has 2 rings (SSSR count).